The van der Waals surface area contributed by atoms with Crippen molar-refractivity contribution in [1.29, 1.82) is 0 Å². The number of sulfone groups is 1. The number of amides is 2. The Balaban J connectivity index is 1.87. The number of carbonyl (C=O) groups excluding carboxylic acids is 1. The fraction of sp³-hybridized carbons (Fsp3) is 0.467. The molecule has 0 aliphatic carbocycles. The summed E-state index contributed by atoms with van der Waals surface area (Å²) < 4.78 is 23.0. The number of fused-ring (bicyclic) bond motifs is 1. The third-order valence-corrected chi connectivity index (χ3v) is 5.94. The lowest BCUT2D eigenvalue weighted by Gasteiger charge is -2.36. The van der Waals surface area contributed by atoms with Crippen molar-refractivity contribution in [3.8, 4) is 0 Å². The van der Waals surface area contributed by atoms with Crippen molar-refractivity contribution >= 4 is 27.5 Å². The Bertz CT molecular complexity index is 745. The van der Waals surface area contributed by atoms with E-state index in [-0.39, 0.29) is 36.2 Å². The van der Waals surface area contributed by atoms with Crippen LogP contribution in [-0.4, -0.2) is 61.6 Å². The van der Waals surface area contributed by atoms with Crippen molar-refractivity contribution in [3.05, 3.63) is 29.3 Å². The van der Waals surface area contributed by atoms with Gasteiger partial charge in [-0.25, -0.2) is 18.0 Å². The molecule has 0 aromatic heterocycles. The average molecular weight is 338 g/mol. The molecule has 0 spiro atoms. The smallest absolute Gasteiger partial charge is 0.336 e. The molecule has 2 aliphatic rings. The second kappa shape index (κ2) is 5.84. The van der Waals surface area contributed by atoms with E-state index >= 15 is 0 Å². The lowest BCUT2D eigenvalue weighted by molar-refractivity contribution is 0.0695. The van der Waals surface area contributed by atoms with Crippen molar-refractivity contribution in [2.24, 2.45) is 0 Å². The van der Waals surface area contributed by atoms with E-state index in [1.807, 2.05) is 0 Å². The van der Waals surface area contributed by atoms with Crippen LogP contribution in [0.3, 0.4) is 0 Å². The van der Waals surface area contributed by atoms with Crippen molar-refractivity contribution in [2.45, 2.75) is 12.8 Å². The molecule has 2 aliphatic heterocycles. The molecular formula is C15H18N2O5S. The molecule has 1 aromatic carbocycles. The van der Waals surface area contributed by atoms with Crippen molar-refractivity contribution < 1.29 is 23.1 Å². The molecule has 1 N–H and O–H groups in total. The number of benzene rings is 1. The number of carboxylic acids is 1. The summed E-state index contributed by atoms with van der Waals surface area (Å²) in [6.45, 7) is 0.884. The fourth-order valence-electron chi connectivity index (χ4n) is 3.10. The molecule has 0 bridgehead atoms. The Hall–Kier alpha value is -2.09. The van der Waals surface area contributed by atoms with Gasteiger partial charge in [0.1, 0.15) is 0 Å². The molecule has 0 saturated carbocycles. The molecule has 3 rings (SSSR count). The molecule has 0 unspecified atom stereocenters. The van der Waals surface area contributed by atoms with Gasteiger partial charge in [-0.05, 0) is 30.5 Å². The minimum atomic E-state index is -3.05. The lowest BCUT2D eigenvalue weighted by Crippen LogP contribution is -2.51. The van der Waals surface area contributed by atoms with E-state index in [1.54, 1.807) is 23.1 Å². The first-order valence-electron chi connectivity index (χ1n) is 7.51. The monoisotopic (exact) mass is 338 g/mol. The number of hydrogen-bond donors (Lipinski definition) is 1. The highest BCUT2D eigenvalue weighted by Gasteiger charge is 2.32. The van der Waals surface area contributed by atoms with Gasteiger partial charge in [0.15, 0.2) is 9.84 Å². The Morgan fingerprint density at radius 3 is 2.43 bits per heavy atom. The summed E-state index contributed by atoms with van der Waals surface area (Å²) in [6.07, 6.45) is 1.31. The highest BCUT2D eigenvalue weighted by atomic mass is 32.2. The van der Waals surface area contributed by atoms with E-state index in [2.05, 4.69) is 0 Å². The number of carboxylic acid groups (broad SMARTS) is 1. The first kappa shape index (κ1) is 15.8. The summed E-state index contributed by atoms with van der Waals surface area (Å²) in [5, 5.41) is 9.29. The molecule has 2 heterocycles. The molecule has 0 atom stereocenters. The Morgan fingerprint density at radius 2 is 1.78 bits per heavy atom. The summed E-state index contributed by atoms with van der Waals surface area (Å²) in [6, 6.07) is 4.68. The molecule has 0 radical (unpaired) electrons. The predicted octanol–water partition coefficient (Wildman–Crippen LogP) is 0.988. The van der Waals surface area contributed by atoms with Crippen LogP contribution in [0.2, 0.25) is 0 Å². The molecular weight excluding hydrogens is 320 g/mol. The SMILES string of the molecule is O=C(O)c1cccc2c1CCCN2C(=O)N1CCS(=O)(=O)CC1. The van der Waals surface area contributed by atoms with Crippen molar-refractivity contribution in [2.75, 3.05) is 36.0 Å². The van der Waals surface area contributed by atoms with Crippen LogP contribution in [0.25, 0.3) is 0 Å². The number of nitrogens with zero attached hydrogens (tertiary/aromatic N) is 2. The van der Waals surface area contributed by atoms with Gasteiger partial charge in [0.2, 0.25) is 0 Å². The van der Waals surface area contributed by atoms with E-state index in [0.29, 0.717) is 30.6 Å². The number of carbonyl (C=O) groups is 2. The highest BCUT2D eigenvalue weighted by Crippen LogP contribution is 2.31. The van der Waals surface area contributed by atoms with Crippen molar-refractivity contribution in [3.63, 3.8) is 0 Å². The Morgan fingerprint density at radius 1 is 1.09 bits per heavy atom. The molecule has 7 nitrogen and oxygen atoms in total. The van der Waals surface area contributed by atoms with Crippen LogP contribution < -0.4 is 4.90 Å². The van der Waals surface area contributed by atoms with Gasteiger partial charge in [0.05, 0.1) is 17.1 Å². The van der Waals surface area contributed by atoms with Crippen LogP contribution in [0.4, 0.5) is 10.5 Å². The first-order valence-corrected chi connectivity index (χ1v) is 9.33. The second-order valence-electron chi connectivity index (χ2n) is 5.79. The van der Waals surface area contributed by atoms with Gasteiger partial charge >= 0.3 is 12.0 Å². The second-order valence-corrected chi connectivity index (χ2v) is 8.09. The summed E-state index contributed by atoms with van der Waals surface area (Å²) in [5.74, 6) is -1.04. The van der Waals surface area contributed by atoms with Crippen molar-refractivity contribution in [1.82, 2.24) is 4.90 Å². The molecule has 23 heavy (non-hydrogen) atoms. The number of hydrogen-bond acceptors (Lipinski definition) is 4. The topological polar surface area (TPSA) is 95.0 Å². The van der Waals surface area contributed by atoms with E-state index in [0.717, 1.165) is 0 Å². The van der Waals surface area contributed by atoms with Gasteiger partial charge in [0, 0.05) is 25.3 Å². The maximum Gasteiger partial charge on any atom is 0.336 e. The Labute approximate surface area is 134 Å². The number of anilines is 1. The van der Waals surface area contributed by atoms with Gasteiger partial charge in [-0.3, -0.25) is 4.90 Å². The van der Waals surface area contributed by atoms with Crippen LogP contribution in [0.5, 0.6) is 0 Å². The van der Waals surface area contributed by atoms with Crippen LogP contribution >= 0.6 is 0 Å². The van der Waals surface area contributed by atoms with Crippen LogP contribution in [0.1, 0.15) is 22.3 Å². The molecule has 1 fully saturated rings. The number of rotatable bonds is 1. The first-order chi connectivity index (χ1) is 10.9. The zero-order chi connectivity index (χ0) is 16.6. The molecule has 124 valence electrons. The fourth-order valence-corrected chi connectivity index (χ4v) is 4.30. The summed E-state index contributed by atoms with van der Waals surface area (Å²) in [5.41, 5.74) is 1.51. The quantitative estimate of drug-likeness (QED) is 0.824. The molecule has 1 saturated heterocycles. The molecule has 8 heteroatoms. The standard InChI is InChI=1S/C15H18N2O5S/c18-14(19)12-3-1-5-13-11(12)4-2-6-17(13)15(20)16-7-9-23(21,22)10-8-16/h1,3,5H,2,4,6-10H2,(H,18,19). The summed E-state index contributed by atoms with van der Waals surface area (Å²) in [4.78, 5) is 27.2. The van der Waals surface area contributed by atoms with Gasteiger partial charge in [-0.1, -0.05) is 6.07 Å². The number of urea groups is 1. The lowest BCUT2D eigenvalue weighted by atomic mass is 9.96. The van der Waals surface area contributed by atoms with Gasteiger partial charge < -0.3 is 10.0 Å². The third-order valence-electron chi connectivity index (χ3n) is 4.33. The van der Waals surface area contributed by atoms with E-state index in [4.69, 9.17) is 0 Å². The maximum atomic E-state index is 12.7. The third kappa shape index (κ3) is 3.03. The summed E-state index contributed by atoms with van der Waals surface area (Å²) in [7, 11) is -3.05. The van der Waals surface area contributed by atoms with E-state index in [9.17, 15) is 23.1 Å². The van der Waals surface area contributed by atoms with Gasteiger partial charge in [-0.2, -0.15) is 0 Å². The van der Waals surface area contributed by atoms with Crippen LogP contribution in [0, 0.1) is 0 Å². The molecule has 2 amide bonds. The van der Waals surface area contributed by atoms with E-state index in [1.165, 1.54) is 4.90 Å². The number of aromatic carboxylic acids is 1. The van der Waals surface area contributed by atoms with E-state index < -0.39 is 15.8 Å². The zero-order valence-corrected chi connectivity index (χ0v) is 13.4. The van der Waals surface area contributed by atoms with Gasteiger partial charge in [-0.15, -0.1) is 0 Å². The average Bonchev–Trinajstić information content (AvgIpc) is 2.53. The van der Waals surface area contributed by atoms with Crippen LogP contribution in [-0.2, 0) is 16.3 Å². The zero-order valence-electron chi connectivity index (χ0n) is 12.6. The summed E-state index contributed by atoms with van der Waals surface area (Å²) >= 11 is 0. The van der Waals surface area contributed by atoms with Gasteiger partial charge in [0.25, 0.3) is 0 Å². The maximum absolute atomic E-state index is 12.7. The normalized spacial score (nSPS) is 20.0. The van der Waals surface area contributed by atoms with Crippen LogP contribution in [0.15, 0.2) is 18.2 Å². The minimum Gasteiger partial charge on any atom is -0.478 e. The highest BCUT2D eigenvalue weighted by molar-refractivity contribution is 7.91. The minimum absolute atomic E-state index is 0.0192. The largest absolute Gasteiger partial charge is 0.478 e. The Kier molecular flexibility index (Phi) is 4.01. The molecule has 1 aromatic rings. The predicted molar refractivity (Wildman–Crippen MR) is 84.7 cm³/mol.